The van der Waals surface area contributed by atoms with E-state index in [0.717, 1.165) is 160 Å². The minimum absolute atomic E-state index is 0.0544. The van der Waals surface area contributed by atoms with Crippen molar-refractivity contribution in [1.29, 1.82) is 0 Å². The zero-order chi connectivity index (χ0) is 76.4. The number of nitrogens with zero attached hydrogens (tertiary/aromatic N) is 5. The van der Waals surface area contributed by atoms with Gasteiger partial charge in [0.05, 0.1) is 49.8 Å². The lowest BCUT2D eigenvalue weighted by Gasteiger charge is -2.05. The van der Waals surface area contributed by atoms with Crippen LogP contribution in [-0.2, 0) is 0 Å². The molecule has 113 heavy (non-hydrogen) atoms. The van der Waals surface area contributed by atoms with Crippen LogP contribution in [0.3, 0.4) is 0 Å². The predicted octanol–water partition coefficient (Wildman–Crippen LogP) is 25.8. The summed E-state index contributed by atoms with van der Waals surface area (Å²) < 4.78 is 2.05. The van der Waals surface area contributed by atoms with Crippen molar-refractivity contribution in [1.82, 2.24) is 59.8 Å². The first-order chi connectivity index (χ1) is 55.4. The molecule has 0 aliphatic heterocycles. The lowest BCUT2D eigenvalue weighted by Crippen LogP contribution is -1.90. The SMILES string of the molecule is Brc1ccc2[nH]cc(-c3nc4c5ccccc5c5ccccc5c4[nH]3)c2c1.CC(=O)c1ccc2c(-c3nc(-c4ccccc4)c(-c4ccccc4)[nH]3)c[nH]c2c1.Cc1ccc2[nH]cc(-c3nc4c5ccccc5c5ccccc5c4[nH]3)c2c1.O=[N+]([O-])c1ccc(-c2[nH]c(-c3c[nH]c4ccc(Br)cc34)nc2-c2ccccc2)cc1. The third kappa shape index (κ3) is 12.9. The van der Waals surface area contributed by atoms with Gasteiger partial charge in [0.15, 0.2) is 5.78 Å². The summed E-state index contributed by atoms with van der Waals surface area (Å²) in [6.07, 6.45) is 7.95. The first-order valence-electron chi connectivity index (χ1n) is 36.8. The van der Waals surface area contributed by atoms with E-state index in [1.165, 1.54) is 66.2 Å². The van der Waals surface area contributed by atoms with Gasteiger partial charge in [-0.15, -0.1) is 0 Å². The molecule has 0 radical (unpaired) electrons. The number of nitro groups is 1. The number of carbonyl (C=O) groups excluding carboxylic acids is 1. The second-order valence-corrected chi connectivity index (χ2v) is 29.7. The van der Waals surface area contributed by atoms with Gasteiger partial charge in [-0.1, -0.05) is 244 Å². The van der Waals surface area contributed by atoms with Crippen molar-refractivity contribution in [3.63, 3.8) is 0 Å². The molecule has 0 spiro atoms. The van der Waals surface area contributed by atoms with Gasteiger partial charge < -0.3 is 39.9 Å². The number of halogens is 2. The number of aromatic nitrogens is 12. The molecule has 0 atom stereocenters. The van der Waals surface area contributed by atoms with Gasteiger partial charge in [0.25, 0.3) is 5.69 Å². The molecule has 542 valence electrons. The molecule has 8 N–H and O–H groups in total. The molecule has 0 saturated carbocycles. The molecule has 22 rings (SSSR count). The van der Waals surface area contributed by atoms with E-state index >= 15 is 0 Å². The van der Waals surface area contributed by atoms with E-state index in [1.54, 1.807) is 19.1 Å². The van der Waals surface area contributed by atoms with Crippen LogP contribution in [0.5, 0.6) is 0 Å². The molecule has 22 aromatic rings. The van der Waals surface area contributed by atoms with Gasteiger partial charge in [0.2, 0.25) is 0 Å². The van der Waals surface area contributed by atoms with Gasteiger partial charge in [-0.25, -0.2) is 19.9 Å². The minimum Gasteiger partial charge on any atom is -0.360 e. The largest absolute Gasteiger partial charge is 0.360 e. The monoisotopic (exact) mass is 1590 g/mol. The average molecular weight is 1600 g/mol. The Morgan fingerprint density at radius 1 is 0.336 bits per heavy atom. The van der Waals surface area contributed by atoms with Crippen LogP contribution in [0, 0.1) is 17.0 Å². The quantitative estimate of drug-likeness (QED) is 0.0285. The number of benzene rings is 14. The summed E-state index contributed by atoms with van der Waals surface area (Å²) in [5.74, 6) is 3.37. The molecule has 0 saturated heterocycles. The molecule has 18 heteroatoms. The number of carbonyl (C=O) groups is 1. The maximum absolute atomic E-state index is 11.7. The van der Waals surface area contributed by atoms with E-state index < -0.39 is 4.92 Å². The predicted molar refractivity (Wildman–Crippen MR) is 467 cm³/mol. The minimum atomic E-state index is -0.399. The molecule has 16 nitrogen and oxygen atoms in total. The third-order valence-electron chi connectivity index (χ3n) is 20.9. The topological polar surface area (TPSA) is 238 Å². The van der Waals surface area contributed by atoms with Crippen LogP contribution >= 0.6 is 31.9 Å². The first-order valence-corrected chi connectivity index (χ1v) is 38.4. The summed E-state index contributed by atoms with van der Waals surface area (Å²) in [6.45, 7) is 3.70. The maximum Gasteiger partial charge on any atom is 0.269 e. The first kappa shape index (κ1) is 69.1. The Hall–Kier alpha value is -14.3. The van der Waals surface area contributed by atoms with Crippen LogP contribution < -0.4 is 0 Å². The number of fused-ring (bicyclic) bond motifs is 16. The smallest absolute Gasteiger partial charge is 0.269 e. The Balaban J connectivity index is 0.000000101. The van der Waals surface area contributed by atoms with E-state index in [1.807, 2.05) is 128 Å². The van der Waals surface area contributed by atoms with Gasteiger partial charge in [-0.2, -0.15) is 0 Å². The summed E-state index contributed by atoms with van der Waals surface area (Å²) >= 11 is 7.11. The Bertz CT molecular complexity index is 7000. The number of rotatable bonds is 10. The van der Waals surface area contributed by atoms with Crippen molar-refractivity contribution in [2.75, 3.05) is 0 Å². The third-order valence-corrected chi connectivity index (χ3v) is 21.9. The highest BCUT2D eigenvalue weighted by Gasteiger charge is 2.23. The van der Waals surface area contributed by atoms with E-state index in [9.17, 15) is 14.9 Å². The summed E-state index contributed by atoms with van der Waals surface area (Å²) in [6, 6.07) is 95.4. The second-order valence-electron chi connectivity index (χ2n) is 27.9. The number of ketones is 1. The number of hydrogen-bond acceptors (Lipinski definition) is 7. The molecule has 0 bridgehead atoms. The van der Waals surface area contributed by atoms with Gasteiger partial charge in [0, 0.05) is 161 Å². The van der Waals surface area contributed by atoms with E-state index in [-0.39, 0.29) is 11.5 Å². The normalized spacial score (nSPS) is 11.5. The van der Waals surface area contributed by atoms with E-state index in [4.69, 9.17) is 19.9 Å². The number of hydrogen-bond donors (Lipinski definition) is 8. The molecule has 8 heterocycles. The Labute approximate surface area is 661 Å². The average Bonchev–Trinajstić information content (AvgIpc) is 1.53. The fourth-order valence-corrected chi connectivity index (χ4v) is 16.2. The summed E-state index contributed by atoms with van der Waals surface area (Å²) in [4.78, 5) is 69.7. The molecular formula is C95H65Br2N13O3. The molecule has 14 aromatic carbocycles. The van der Waals surface area contributed by atoms with Crippen LogP contribution in [-0.4, -0.2) is 70.5 Å². The lowest BCUT2D eigenvalue weighted by atomic mass is 10.0. The van der Waals surface area contributed by atoms with Gasteiger partial charge in [-0.3, -0.25) is 14.9 Å². The highest BCUT2D eigenvalue weighted by atomic mass is 79.9. The summed E-state index contributed by atoms with van der Waals surface area (Å²) in [5, 5.41) is 25.2. The van der Waals surface area contributed by atoms with Gasteiger partial charge >= 0.3 is 0 Å². The number of non-ortho nitro benzene ring substituents is 1. The van der Waals surface area contributed by atoms with Crippen molar-refractivity contribution >= 4 is 152 Å². The maximum atomic E-state index is 11.7. The fraction of sp³-hybridized carbons (Fsp3) is 0.0211. The van der Waals surface area contributed by atoms with Gasteiger partial charge in [0.1, 0.15) is 23.3 Å². The summed E-state index contributed by atoms with van der Waals surface area (Å²) in [5.41, 5.74) is 22.0. The number of H-pyrrole nitrogens is 8. The Kier molecular flexibility index (Phi) is 17.7. The molecular weight excluding hydrogens is 1530 g/mol. The lowest BCUT2D eigenvalue weighted by molar-refractivity contribution is -0.384. The number of imidazole rings is 4. The fourth-order valence-electron chi connectivity index (χ4n) is 15.4. The molecule has 8 aromatic heterocycles. The van der Waals surface area contributed by atoms with Crippen LogP contribution in [0.25, 0.3) is 199 Å². The van der Waals surface area contributed by atoms with Crippen molar-refractivity contribution in [2.24, 2.45) is 0 Å². The standard InChI is InChI=1S/C25H19N3O.C24H17N3.C23H15BrN4O2.C23H14BrN3/c1-16(29)19-12-13-20-21(15-26-22(20)14-19)25-27-23(17-8-4-2-5-9-17)24(28-25)18-10-6-3-7-11-18;1-14-10-11-21-19(12-14)20(13-25-21)24-26-22-17-8-4-2-6-15(17)16-7-3-5-9-18(16)23(22)27-24;24-16-8-11-20-18(12-16)19(13-25-20)23-26-21(14-4-2-1-3-5-14)22(27-23)15-6-9-17(10-7-15)28(29)30;24-13-9-10-20-18(11-13)19(12-25-20)23-26-21-16-7-3-1-5-14(16)15-6-2-4-8-17(15)22(21)27-23/h2-15,26H,1H3,(H,27,28);2-13,25H,1H3,(H,26,27);1-13,25H,(H,26,27);1-12,25H,(H,26,27). The molecule has 0 amide bonds. The van der Waals surface area contributed by atoms with Crippen LogP contribution in [0.4, 0.5) is 5.69 Å². The molecule has 0 fully saturated rings. The van der Waals surface area contributed by atoms with Crippen molar-refractivity contribution in [2.45, 2.75) is 13.8 Å². The number of aryl methyl sites for hydroxylation is 1. The number of aromatic amines is 8. The second kappa shape index (κ2) is 28.9. The Morgan fingerprint density at radius 3 is 1.14 bits per heavy atom. The van der Waals surface area contributed by atoms with Crippen molar-refractivity contribution < 1.29 is 9.72 Å². The zero-order valence-electron chi connectivity index (χ0n) is 60.7. The number of nitro benzene ring substituents is 1. The molecule has 0 unspecified atom stereocenters. The summed E-state index contributed by atoms with van der Waals surface area (Å²) in [7, 11) is 0. The highest BCUT2D eigenvalue weighted by Crippen LogP contribution is 2.42. The zero-order valence-corrected chi connectivity index (χ0v) is 63.8. The van der Waals surface area contributed by atoms with Crippen LogP contribution in [0.15, 0.2) is 319 Å². The number of nitrogens with one attached hydrogen (secondary N) is 8. The van der Waals surface area contributed by atoms with Gasteiger partial charge in [-0.05, 0) is 102 Å². The number of Topliss-reactive ketones (excluding diaryl/α,β-unsaturated/α-hetero) is 1. The highest BCUT2D eigenvalue weighted by molar-refractivity contribution is 9.10. The van der Waals surface area contributed by atoms with Crippen molar-refractivity contribution in [3.8, 4) is 90.6 Å². The molecule has 0 aliphatic rings. The Morgan fingerprint density at radius 2 is 0.699 bits per heavy atom. The van der Waals surface area contributed by atoms with Crippen molar-refractivity contribution in [3.05, 3.63) is 340 Å². The van der Waals surface area contributed by atoms with E-state index in [2.05, 4.69) is 236 Å². The van der Waals surface area contributed by atoms with E-state index in [0.29, 0.717) is 5.56 Å². The van der Waals surface area contributed by atoms with Crippen LogP contribution in [0.1, 0.15) is 22.8 Å². The molecule has 0 aliphatic carbocycles. The van der Waals surface area contributed by atoms with Crippen LogP contribution in [0.2, 0.25) is 0 Å².